The second-order valence-corrected chi connectivity index (χ2v) is 8.21. The molecule has 4 nitrogen and oxygen atoms in total. The molecule has 0 aliphatic heterocycles. The van der Waals surface area contributed by atoms with Crippen molar-refractivity contribution in [1.82, 2.24) is 9.78 Å². The molecule has 0 saturated heterocycles. The molecule has 5 heteroatoms. The Morgan fingerprint density at radius 2 is 1.96 bits per heavy atom. The average Bonchev–Trinajstić information content (AvgIpc) is 3.05. The van der Waals surface area contributed by atoms with E-state index in [2.05, 4.69) is 49.3 Å². The van der Waals surface area contributed by atoms with Crippen molar-refractivity contribution in [3.8, 4) is 0 Å². The van der Waals surface area contributed by atoms with Crippen LogP contribution in [0, 0.1) is 19.3 Å². The fourth-order valence-electron chi connectivity index (χ4n) is 4.08. The Hall–Kier alpha value is -2.33. The first kappa shape index (κ1) is 20.4. The molecule has 1 aromatic heterocycles. The van der Waals surface area contributed by atoms with Crippen molar-refractivity contribution in [2.75, 3.05) is 7.11 Å². The lowest BCUT2D eigenvalue weighted by Gasteiger charge is -2.34. The van der Waals surface area contributed by atoms with Crippen molar-refractivity contribution in [2.45, 2.75) is 39.5 Å². The Bertz CT molecular complexity index is 1040. The number of benzene rings is 2. The molecular formula is C23H27ClN2O2. The number of hydrogen-bond acceptors (Lipinski definition) is 3. The minimum absolute atomic E-state index is 0.174. The quantitative estimate of drug-likeness (QED) is 0.435. The summed E-state index contributed by atoms with van der Waals surface area (Å²) in [5.41, 5.74) is 5.82. The van der Waals surface area contributed by atoms with E-state index in [1.807, 2.05) is 31.8 Å². The van der Waals surface area contributed by atoms with Crippen LogP contribution in [0.4, 0.5) is 0 Å². The fraction of sp³-hybridized carbons (Fsp3) is 0.391. The van der Waals surface area contributed by atoms with Crippen molar-refractivity contribution >= 4 is 28.5 Å². The van der Waals surface area contributed by atoms with Gasteiger partial charge in [0.05, 0.1) is 24.2 Å². The van der Waals surface area contributed by atoms with Crippen LogP contribution in [0.1, 0.15) is 47.6 Å². The molecule has 0 bridgehead atoms. The third-order valence-corrected chi connectivity index (χ3v) is 6.13. The number of ether oxygens (including phenoxy) is 1. The Morgan fingerprint density at radius 1 is 1.25 bits per heavy atom. The van der Waals surface area contributed by atoms with Gasteiger partial charge in [0.1, 0.15) is 0 Å². The third kappa shape index (κ3) is 3.30. The van der Waals surface area contributed by atoms with Gasteiger partial charge in [-0.2, -0.15) is 5.10 Å². The van der Waals surface area contributed by atoms with Crippen molar-refractivity contribution in [3.63, 3.8) is 0 Å². The molecule has 0 fully saturated rings. The number of methoxy groups -OCH3 is 1. The number of fused-ring (bicyclic) bond motifs is 1. The van der Waals surface area contributed by atoms with Gasteiger partial charge in [0.2, 0.25) is 0 Å². The molecule has 0 aliphatic carbocycles. The highest BCUT2D eigenvalue weighted by molar-refractivity contribution is 6.17. The number of carbonyl (C=O) groups excluding carboxylic acids is 1. The number of carbonyl (C=O) groups is 1. The summed E-state index contributed by atoms with van der Waals surface area (Å²) in [6.45, 7) is 8.03. The van der Waals surface area contributed by atoms with Crippen LogP contribution in [0.2, 0.25) is 0 Å². The standard InChI is InChI=1S/C23H27ClN2O2/c1-14-7-8-16(11-17(14)12-24)21(23(3,4)22(27)28-6)18-9-10-20-19(15(18)2)13-25-26(20)5/h7-11,13,21H,12H2,1-6H3. The molecule has 0 N–H and O–H groups in total. The number of halogens is 1. The zero-order valence-electron chi connectivity index (χ0n) is 17.3. The van der Waals surface area contributed by atoms with E-state index in [0.717, 1.165) is 38.7 Å². The fourth-order valence-corrected chi connectivity index (χ4v) is 4.36. The van der Waals surface area contributed by atoms with E-state index in [0.29, 0.717) is 5.88 Å². The highest BCUT2D eigenvalue weighted by atomic mass is 35.5. The minimum Gasteiger partial charge on any atom is -0.469 e. The van der Waals surface area contributed by atoms with E-state index in [9.17, 15) is 4.79 Å². The van der Waals surface area contributed by atoms with E-state index >= 15 is 0 Å². The maximum atomic E-state index is 12.8. The molecule has 148 valence electrons. The summed E-state index contributed by atoms with van der Waals surface area (Å²) in [6.07, 6.45) is 1.88. The van der Waals surface area contributed by atoms with Gasteiger partial charge in [-0.25, -0.2) is 0 Å². The topological polar surface area (TPSA) is 44.1 Å². The van der Waals surface area contributed by atoms with Crippen LogP contribution in [0.5, 0.6) is 0 Å². The number of aryl methyl sites for hydroxylation is 3. The van der Waals surface area contributed by atoms with E-state index in [-0.39, 0.29) is 11.9 Å². The molecular weight excluding hydrogens is 372 g/mol. The predicted molar refractivity (Wildman–Crippen MR) is 114 cm³/mol. The molecule has 0 saturated carbocycles. The number of alkyl halides is 1. The first-order valence-corrected chi connectivity index (χ1v) is 9.90. The highest BCUT2D eigenvalue weighted by Gasteiger charge is 2.41. The maximum Gasteiger partial charge on any atom is 0.312 e. The third-order valence-electron chi connectivity index (χ3n) is 5.84. The minimum atomic E-state index is -0.756. The summed E-state index contributed by atoms with van der Waals surface area (Å²) in [5, 5.41) is 5.48. The monoisotopic (exact) mass is 398 g/mol. The van der Waals surface area contributed by atoms with Gasteiger partial charge in [0.25, 0.3) is 0 Å². The maximum absolute atomic E-state index is 12.8. The van der Waals surface area contributed by atoms with E-state index < -0.39 is 5.41 Å². The van der Waals surface area contributed by atoms with Crippen LogP contribution < -0.4 is 0 Å². The highest BCUT2D eigenvalue weighted by Crippen LogP contribution is 2.44. The lowest BCUT2D eigenvalue weighted by Crippen LogP contribution is -2.34. The Kier molecular flexibility index (Phi) is 5.53. The van der Waals surface area contributed by atoms with Crippen LogP contribution in [0.3, 0.4) is 0 Å². The second-order valence-electron chi connectivity index (χ2n) is 7.95. The molecule has 1 heterocycles. The summed E-state index contributed by atoms with van der Waals surface area (Å²) in [7, 11) is 3.38. The summed E-state index contributed by atoms with van der Waals surface area (Å²) in [4.78, 5) is 12.8. The summed E-state index contributed by atoms with van der Waals surface area (Å²) in [5.74, 6) is 0.0226. The molecule has 28 heavy (non-hydrogen) atoms. The van der Waals surface area contributed by atoms with Crippen LogP contribution in [0.25, 0.3) is 10.9 Å². The summed E-state index contributed by atoms with van der Waals surface area (Å²) < 4.78 is 7.03. The first-order valence-electron chi connectivity index (χ1n) is 9.37. The number of aromatic nitrogens is 2. The number of nitrogens with zero attached hydrogens (tertiary/aromatic N) is 2. The summed E-state index contributed by atoms with van der Waals surface area (Å²) in [6, 6.07) is 10.5. The van der Waals surface area contributed by atoms with Gasteiger partial charge in [-0.3, -0.25) is 9.48 Å². The molecule has 1 unspecified atom stereocenters. The van der Waals surface area contributed by atoms with Crippen molar-refractivity contribution < 1.29 is 9.53 Å². The molecule has 0 radical (unpaired) electrons. The second kappa shape index (κ2) is 7.59. The van der Waals surface area contributed by atoms with Crippen molar-refractivity contribution in [1.29, 1.82) is 0 Å². The Labute approximate surface area is 171 Å². The zero-order chi connectivity index (χ0) is 20.6. The number of hydrogen-bond donors (Lipinski definition) is 0. The van der Waals surface area contributed by atoms with Gasteiger partial charge >= 0.3 is 5.97 Å². The van der Waals surface area contributed by atoms with Crippen LogP contribution in [0.15, 0.2) is 36.5 Å². The SMILES string of the molecule is COC(=O)C(C)(C)C(c1ccc(C)c(CCl)c1)c1ccc2c(cnn2C)c1C. The van der Waals surface area contributed by atoms with Gasteiger partial charge in [-0.05, 0) is 61.6 Å². The number of rotatable bonds is 5. The Balaban J connectivity index is 2.28. The zero-order valence-corrected chi connectivity index (χ0v) is 18.1. The van der Waals surface area contributed by atoms with Crippen molar-refractivity contribution in [2.24, 2.45) is 12.5 Å². The normalized spacial score (nSPS) is 13.0. The molecule has 0 aliphatic rings. The first-order chi connectivity index (χ1) is 13.2. The van der Waals surface area contributed by atoms with E-state index in [1.54, 1.807) is 0 Å². The van der Waals surface area contributed by atoms with Crippen molar-refractivity contribution in [3.05, 3.63) is 64.3 Å². The smallest absolute Gasteiger partial charge is 0.312 e. The lowest BCUT2D eigenvalue weighted by molar-refractivity contribution is -0.151. The molecule has 3 aromatic rings. The number of esters is 1. The lowest BCUT2D eigenvalue weighted by atomic mass is 9.69. The van der Waals surface area contributed by atoms with E-state index in [4.69, 9.17) is 16.3 Å². The molecule has 1 atom stereocenters. The molecule has 0 amide bonds. The average molecular weight is 399 g/mol. The largest absolute Gasteiger partial charge is 0.469 e. The van der Waals surface area contributed by atoms with Crippen LogP contribution in [-0.2, 0) is 22.5 Å². The van der Waals surface area contributed by atoms with Gasteiger partial charge in [-0.15, -0.1) is 11.6 Å². The predicted octanol–water partition coefficient (Wildman–Crippen LogP) is 5.26. The van der Waals surface area contributed by atoms with Crippen LogP contribution in [-0.4, -0.2) is 22.9 Å². The molecule has 2 aromatic carbocycles. The summed E-state index contributed by atoms with van der Waals surface area (Å²) >= 11 is 6.17. The van der Waals surface area contributed by atoms with Crippen LogP contribution >= 0.6 is 11.6 Å². The molecule has 0 spiro atoms. The molecule has 3 rings (SSSR count). The van der Waals surface area contributed by atoms with Gasteiger partial charge in [-0.1, -0.05) is 24.3 Å². The van der Waals surface area contributed by atoms with Gasteiger partial charge in [0, 0.05) is 24.2 Å². The van der Waals surface area contributed by atoms with Gasteiger partial charge in [0.15, 0.2) is 0 Å². The van der Waals surface area contributed by atoms with E-state index in [1.165, 1.54) is 7.11 Å². The Morgan fingerprint density at radius 3 is 2.61 bits per heavy atom. The van der Waals surface area contributed by atoms with Gasteiger partial charge < -0.3 is 4.74 Å².